The van der Waals surface area contributed by atoms with Crippen LogP contribution in [-0.2, 0) is 0 Å². The molecule has 5 heterocycles. The number of hydrogen-bond donors (Lipinski definition) is 4. The molecule has 0 aliphatic carbocycles. The normalized spacial score (nSPS) is 11.5. The summed E-state index contributed by atoms with van der Waals surface area (Å²) in [6.07, 6.45) is 8.28. The van der Waals surface area contributed by atoms with E-state index in [1.807, 2.05) is 84.9 Å². The Kier molecular flexibility index (Phi) is 9.52. The van der Waals surface area contributed by atoms with Crippen LogP contribution in [0.25, 0.3) is 90.9 Å². The van der Waals surface area contributed by atoms with Crippen LogP contribution in [0.4, 0.5) is 0 Å². The lowest BCUT2D eigenvalue weighted by molar-refractivity contribution is 0.0696. The first-order valence-electron chi connectivity index (χ1n) is 19.9. The van der Waals surface area contributed by atoms with Crippen LogP contribution in [0.2, 0.25) is 0 Å². The number of nitrogens with one attached hydrogen (secondary N) is 2. The van der Waals surface area contributed by atoms with Gasteiger partial charge in [-0.2, -0.15) is 0 Å². The van der Waals surface area contributed by atoms with Crippen molar-refractivity contribution in [1.82, 2.24) is 19.9 Å². The molecule has 0 spiro atoms. The van der Waals surface area contributed by atoms with Gasteiger partial charge in [-0.25, -0.2) is 19.6 Å². The van der Waals surface area contributed by atoms with Crippen molar-refractivity contribution in [3.63, 3.8) is 0 Å². The molecule has 8 heteroatoms. The van der Waals surface area contributed by atoms with Crippen molar-refractivity contribution in [3.05, 3.63) is 203 Å². The van der Waals surface area contributed by atoms with E-state index in [1.165, 1.54) is 12.1 Å². The van der Waals surface area contributed by atoms with Gasteiger partial charge >= 0.3 is 11.9 Å². The summed E-state index contributed by atoms with van der Waals surface area (Å²) in [7, 11) is 0. The molecule has 0 unspecified atom stereocenters. The van der Waals surface area contributed by atoms with Gasteiger partial charge in [0.25, 0.3) is 0 Å². The van der Waals surface area contributed by atoms with Gasteiger partial charge in [0.05, 0.1) is 33.9 Å². The molecule has 4 N–H and O–H groups in total. The topological polar surface area (TPSA) is 132 Å². The van der Waals surface area contributed by atoms with Gasteiger partial charge < -0.3 is 20.2 Å². The van der Waals surface area contributed by atoms with E-state index in [0.717, 1.165) is 95.4 Å². The minimum absolute atomic E-state index is 0.144. The highest BCUT2D eigenvalue weighted by Crippen LogP contribution is 2.38. The summed E-state index contributed by atoms with van der Waals surface area (Å²) in [4.78, 5) is 41.7. The summed E-state index contributed by atoms with van der Waals surface area (Å²) in [5, 5.41) is 19.1. The molecule has 0 saturated heterocycles. The smallest absolute Gasteiger partial charge is 0.335 e. The number of aromatic carboxylic acids is 2. The number of carboxylic acids is 2. The van der Waals surface area contributed by atoms with E-state index >= 15 is 0 Å². The van der Waals surface area contributed by atoms with Crippen molar-refractivity contribution >= 4 is 58.3 Å². The lowest BCUT2D eigenvalue weighted by atomic mass is 10.0. The number of hydrogen-bond acceptors (Lipinski definition) is 4. The molecule has 0 atom stereocenters. The fourth-order valence-corrected chi connectivity index (χ4v) is 8.05. The molecule has 8 nitrogen and oxygen atoms in total. The van der Waals surface area contributed by atoms with Crippen LogP contribution in [-0.4, -0.2) is 42.1 Å². The van der Waals surface area contributed by atoms with E-state index < -0.39 is 11.9 Å². The van der Waals surface area contributed by atoms with Gasteiger partial charge in [-0.3, -0.25) is 0 Å². The maximum atomic E-state index is 11.7. The molecule has 0 saturated carbocycles. The summed E-state index contributed by atoms with van der Waals surface area (Å²) in [5.41, 5.74) is 15.2. The molecule has 0 amide bonds. The first-order valence-corrected chi connectivity index (χ1v) is 19.9. The molecule has 0 fully saturated rings. The van der Waals surface area contributed by atoms with E-state index in [-0.39, 0.29) is 16.7 Å². The zero-order chi connectivity index (χ0) is 42.2. The molecule has 2 aliphatic rings. The standard InChI is InChI=1S/C54H34N4O4/c59-53(60)39-30-34(31-40(32-39)54(61)62)17-16-33-18-20-38(21-19-33)52-47-28-26-45(57-47)50(36-12-6-2-7-13-36)43-24-22-41(55-43)49(35-10-4-1-5-11-35)42-23-25-44(56-42)51(37-14-8-3-9-15-37)46-27-29-48(52)58-46/h1-15,18-32,55,58H,(H,59,60)(H,61,62). The Labute approximate surface area is 355 Å². The Morgan fingerprint density at radius 3 is 1.05 bits per heavy atom. The van der Waals surface area contributed by atoms with Crippen molar-refractivity contribution in [1.29, 1.82) is 0 Å². The first kappa shape index (κ1) is 37.5. The minimum atomic E-state index is -1.23. The maximum Gasteiger partial charge on any atom is 0.335 e. The molecular weight excluding hydrogens is 769 g/mol. The van der Waals surface area contributed by atoms with Crippen molar-refractivity contribution in [2.24, 2.45) is 0 Å². The van der Waals surface area contributed by atoms with Gasteiger partial charge in [-0.05, 0) is 101 Å². The van der Waals surface area contributed by atoms with Crippen molar-refractivity contribution in [2.75, 3.05) is 0 Å². The van der Waals surface area contributed by atoms with Crippen molar-refractivity contribution in [3.8, 4) is 56.3 Å². The average Bonchev–Trinajstić information content (AvgIpc) is 4.16. The summed E-state index contributed by atoms with van der Waals surface area (Å²) < 4.78 is 0. The molecule has 0 radical (unpaired) electrons. The molecule has 10 rings (SSSR count). The number of benzene rings is 5. The first-order chi connectivity index (χ1) is 30.4. The SMILES string of the molecule is O=C(O)c1cc(C#Cc2ccc(-c3c4nc(c(-c5ccccc5)c5ccc([nH]5)c(-c5ccccc5)c5nc(c(-c6ccccc6)c6ccc3[nH]6)C=C5)C=C4)cc2)cc(C(=O)O)c1. The van der Waals surface area contributed by atoms with E-state index in [4.69, 9.17) is 9.97 Å². The maximum absolute atomic E-state index is 11.7. The minimum Gasteiger partial charge on any atom is -0.478 e. The van der Waals surface area contributed by atoms with Gasteiger partial charge in [0.1, 0.15) is 0 Å². The number of H-pyrrole nitrogens is 2. The van der Waals surface area contributed by atoms with Crippen molar-refractivity contribution in [2.45, 2.75) is 0 Å². The Hall–Kier alpha value is -8.80. The predicted molar refractivity (Wildman–Crippen MR) is 247 cm³/mol. The molecule has 5 aromatic carbocycles. The molecule has 2 aliphatic heterocycles. The van der Waals surface area contributed by atoms with Gasteiger partial charge in [0, 0.05) is 55.4 Å². The van der Waals surface area contributed by atoms with E-state index in [0.29, 0.717) is 5.56 Å². The highest BCUT2D eigenvalue weighted by molar-refractivity contribution is 6.00. The third-order valence-corrected chi connectivity index (χ3v) is 10.9. The zero-order valence-corrected chi connectivity index (χ0v) is 32.9. The summed E-state index contributed by atoms with van der Waals surface area (Å²) >= 11 is 0. The van der Waals surface area contributed by atoms with Crippen LogP contribution >= 0.6 is 0 Å². The van der Waals surface area contributed by atoms with Gasteiger partial charge in [0.2, 0.25) is 0 Å². The molecule has 8 aromatic rings. The number of aromatic amines is 2. The van der Waals surface area contributed by atoms with Crippen LogP contribution < -0.4 is 0 Å². The van der Waals surface area contributed by atoms with Gasteiger partial charge in [0.15, 0.2) is 0 Å². The van der Waals surface area contributed by atoms with Gasteiger partial charge in [-0.15, -0.1) is 0 Å². The summed E-state index contributed by atoms with van der Waals surface area (Å²) in [5.74, 6) is 3.58. The van der Waals surface area contributed by atoms with Crippen LogP contribution in [0.5, 0.6) is 0 Å². The lowest BCUT2D eigenvalue weighted by Gasteiger charge is -2.07. The fourth-order valence-electron chi connectivity index (χ4n) is 8.05. The van der Waals surface area contributed by atoms with E-state index in [2.05, 4.69) is 101 Å². The second-order valence-corrected chi connectivity index (χ2v) is 14.8. The van der Waals surface area contributed by atoms with Gasteiger partial charge in [-0.1, -0.05) is 115 Å². The van der Waals surface area contributed by atoms with Crippen LogP contribution in [0, 0.1) is 11.8 Å². The predicted octanol–water partition coefficient (Wildman–Crippen LogP) is 12.1. The largest absolute Gasteiger partial charge is 0.478 e. The Bertz CT molecular complexity index is 3320. The lowest BCUT2D eigenvalue weighted by Crippen LogP contribution is -2.03. The number of aromatic nitrogens is 4. The molecule has 294 valence electrons. The van der Waals surface area contributed by atoms with Crippen molar-refractivity contribution < 1.29 is 19.8 Å². The highest BCUT2D eigenvalue weighted by atomic mass is 16.4. The fraction of sp³-hybridized carbons (Fsp3) is 0. The average molecular weight is 803 g/mol. The second kappa shape index (κ2) is 15.8. The number of fused-ring (bicyclic) bond motifs is 8. The molecule has 3 aromatic heterocycles. The van der Waals surface area contributed by atoms with E-state index in [9.17, 15) is 19.8 Å². The number of rotatable bonds is 6. The third-order valence-electron chi connectivity index (χ3n) is 10.9. The number of carbonyl (C=O) groups is 2. The monoisotopic (exact) mass is 802 g/mol. The molecule has 8 bridgehead atoms. The quantitative estimate of drug-likeness (QED) is 0.124. The van der Waals surface area contributed by atoms with Crippen LogP contribution in [0.1, 0.15) is 54.6 Å². The van der Waals surface area contributed by atoms with Crippen LogP contribution in [0.3, 0.4) is 0 Å². The summed E-state index contributed by atoms with van der Waals surface area (Å²) in [6, 6.07) is 50.9. The van der Waals surface area contributed by atoms with E-state index in [1.54, 1.807) is 0 Å². The highest BCUT2D eigenvalue weighted by Gasteiger charge is 2.19. The second-order valence-electron chi connectivity index (χ2n) is 14.8. The number of nitrogens with zero attached hydrogens (tertiary/aromatic N) is 2. The Morgan fingerprint density at radius 1 is 0.387 bits per heavy atom. The summed E-state index contributed by atoms with van der Waals surface area (Å²) in [6.45, 7) is 0. The zero-order valence-electron chi connectivity index (χ0n) is 32.9. The molecule has 62 heavy (non-hydrogen) atoms. The number of carboxylic acid groups (broad SMARTS) is 2. The third kappa shape index (κ3) is 7.16. The Morgan fingerprint density at radius 2 is 0.710 bits per heavy atom. The Balaban J connectivity index is 1.24. The van der Waals surface area contributed by atoms with Crippen LogP contribution in [0.15, 0.2) is 158 Å². The molecular formula is C54H34N4O4.